The summed E-state index contributed by atoms with van der Waals surface area (Å²) in [5, 5.41) is 2.14. The van der Waals surface area contributed by atoms with Crippen LogP contribution in [-0.2, 0) is 11.2 Å². The molecule has 19 heavy (non-hydrogen) atoms. The van der Waals surface area contributed by atoms with Gasteiger partial charge < -0.3 is 10.6 Å². The summed E-state index contributed by atoms with van der Waals surface area (Å²) in [6.45, 7) is 5.05. The van der Waals surface area contributed by atoms with Crippen LogP contribution in [0.3, 0.4) is 0 Å². The van der Waals surface area contributed by atoms with Gasteiger partial charge in [0, 0.05) is 17.5 Å². The van der Waals surface area contributed by atoms with Crippen molar-refractivity contribution in [2.75, 3.05) is 6.54 Å². The summed E-state index contributed by atoms with van der Waals surface area (Å²) in [6, 6.07) is 2.39. The van der Waals surface area contributed by atoms with Crippen LogP contribution >= 0.6 is 11.3 Å². The molecule has 3 nitrogen and oxygen atoms in total. The Kier molecular flexibility index (Phi) is 3.18. The lowest BCUT2D eigenvalue weighted by Gasteiger charge is -2.40. The first-order valence-electron chi connectivity index (χ1n) is 7.17. The fourth-order valence-electron chi connectivity index (χ4n) is 3.57. The van der Waals surface area contributed by atoms with Crippen molar-refractivity contribution < 1.29 is 4.79 Å². The van der Waals surface area contributed by atoms with Crippen LogP contribution in [0.5, 0.6) is 0 Å². The van der Waals surface area contributed by atoms with E-state index in [4.69, 9.17) is 5.73 Å². The van der Waals surface area contributed by atoms with Crippen LogP contribution in [-0.4, -0.2) is 23.4 Å². The molecular formula is C15H22N2OS. The van der Waals surface area contributed by atoms with Gasteiger partial charge in [-0.15, -0.1) is 11.3 Å². The van der Waals surface area contributed by atoms with Gasteiger partial charge in [0.05, 0.1) is 11.5 Å². The van der Waals surface area contributed by atoms with Gasteiger partial charge in [-0.05, 0) is 50.1 Å². The Hall–Kier alpha value is -0.870. The molecule has 4 heteroatoms. The largest absolute Gasteiger partial charge is 0.335 e. The summed E-state index contributed by atoms with van der Waals surface area (Å²) in [5.41, 5.74) is 7.18. The number of hydrogen-bond donors (Lipinski definition) is 1. The Morgan fingerprint density at radius 2 is 2.37 bits per heavy atom. The van der Waals surface area contributed by atoms with Gasteiger partial charge in [-0.3, -0.25) is 4.79 Å². The van der Waals surface area contributed by atoms with E-state index in [9.17, 15) is 4.79 Å². The van der Waals surface area contributed by atoms with Gasteiger partial charge >= 0.3 is 0 Å². The zero-order valence-corrected chi connectivity index (χ0v) is 12.5. The van der Waals surface area contributed by atoms with Crippen LogP contribution in [0.4, 0.5) is 0 Å². The number of fused-ring (bicyclic) bond motifs is 1. The minimum Gasteiger partial charge on any atom is -0.335 e. The first kappa shape index (κ1) is 13.1. The van der Waals surface area contributed by atoms with Crippen LogP contribution in [0.25, 0.3) is 0 Å². The highest BCUT2D eigenvalue weighted by Gasteiger charge is 2.46. The Morgan fingerprint density at radius 1 is 1.58 bits per heavy atom. The molecule has 1 aromatic heterocycles. The van der Waals surface area contributed by atoms with Crippen molar-refractivity contribution in [1.82, 2.24) is 4.90 Å². The van der Waals surface area contributed by atoms with E-state index in [0.717, 1.165) is 32.2 Å². The van der Waals surface area contributed by atoms with E-state index < -0.39 is 0 Å². The van der Waals surface area contributed by atoms with Crippen molar-refractivity contribution >= 4 is 17.2 Å². The van der Waals surface area contributed by atoms with Gasteiger partial charge in [0.25, 0.3) is 0 Å². The summed E-state index contributed by atoms with van der Waals surface area (Å²) < 4.78 is 0. The van der Waals surface area contributed by atoms with E-state index in [0.29, 0.717) is 0 Å². The maximum absolute atomic E-state index is 12.9. The van der Waals surface area contributed by atoms with E-state index in [1.165, 1.54) is 10.4 Å². The molecule has 0 radical (unpaired) electrons. The topological polar surface area (TPSA) is 46.3 Å². The molecule has 3 rings (SSSR count). The van der Waals surface area contributed by atoms with Crippen molar-refractivity contribution in [3.63, 3.8) is 0 Å². The number of amides is 1. The zero-order valence-electron chi connectivity index (χ0n) is 11.7. The molecule has 1 saturated carbocycles. The lowest BCUT2D eigenvalue weighted by Crippen LogP contribution is -2.51. The quantitative estimate of drug-likeness (QED) is 0.858. The molecule has 1 fully saturated rings. The molecular weight excluding hydrogens is 256 g/mol. The fraction of sp³-hybridized carbons (Fsp3) is 0.667. The second-order valence-corrected chi connectivity index (χ2v) is 7.14. The number of rotatable bonds is 1. The monoisotopic (exact) mass is 278 g/mol. The number of nitrogens with zero attached hydrogens (tertiary/aromatic N) is 1. The smallest absolute Gasteiger partial charge is 0.230 e. The highest BCUT2D eigenvalue weighted by atomic mass is 32.1. The predicted octanol–water partition coefficient (Wildman–Crippen LogP) is 2.71. The minimum absolute atomic E-state index is 0.0241. The Balaban J connectivity index is 1.86. The lowest BCUT2D eigenvalue weighted by molar-refractivity contribution is -0.144. The molecule has 1 aliphatic heterocycles. The molecule has 2 heterocycles. The van der Waals surface area contributed by atoms with E-state index in [-0.39, 0.29) is 23.4 Å². The fourth-order valence-corrected chi connectivity index (χ4v) is 4.54. The molecule has 0 bridgehead atoms. The molecule has 1 aliphatic carbocycles. The van der Waals surface area contributed by atoms with Gasteiger partial charge in [-0.25, -0.2) is 0 Å². The van der Waals surface area contributed by atoms with Gasteiger partial charge in [0.2, 0.25) is 5.91 Å². The summed E-state index contributed by atoms with van der Waals surface area (Å²) >= 11 is 1.81. The standard InChI is InChI=1S/C15H22N2OS/c1-10-11-6-9-19-12(11)5-8-17(10)14(18)15(2)7-3-4-13(15)16/h6,9-10,13H,3-5,7-8,16H2,1-2H3. The maximum atomic E-state index is 12.9. The number of hydrogen-bond acceptors (Lipinski definition) is 3. The molecule has 0 spiro atoms. The molecule has 2 N–H and O–H groups in total. The molecule has 3 unspecified atom stereocenters. The number of carbonyl (C=O) groups excluding carboxylic acids is 1. The number of thiophene rings is 1. The van der Waals surface area contributed by atoms with Crippen molar-refractivity contribution in [1.29, 1.82) is 0 Å². The summed E-state index contributed by atoms with van der Waals surface area (Å²) in [5.74, 6) is 0.266. The molecule has 0 saturated heterocycles. The first-order valence-corrected chi connectivity index (χ1v) is 8.05. The highest BCUT2D eigenvalue weighted by Crippen LogP contribution is 2.42. The lowest BCUT2D eigenvalue weighted by atomic mass is 9.82. The predicted molar refractivity (Wildman–Crippen MR) is 78.1 cm³/mol. The molecule has 1 aromatic rings. The highest BCUT2D eigenvalue weighted by molar-refractivity contribution is 7.10. The normalized spacial score (nSPS) is 34.4. The number of nitrogens with two attached hydrogens (primary N) is 1. The van der Waals surface area contributed by atoms with E-state index >= 15 is 0 Å². The zero-order chi connectivity index (χ0) is 13.6. The summed E-state index contributed by atoms with van der Waals surface area (Å²) in [4.78, 5) is 16.4. The van der Waals surface area contributed by atoms with Crippen LogP contribution in [0.2, 0.25) is 0 Å². The maximum Gasteiger partial charge on any atom is 0.230 e. The Labute approximate surface area is 118 Å². The average Bonchev–Trinajstić information content (AvgIpc) is 2.98. The van der Waals surface area contributed by atoms with E-state index in [2.05, 4.69) is 30.2 Å². The van der Waals surface area contributed by atoms with Crippen LogP contribution in [0.1, 0.15) is 49.6 Å². The van der Waals surface area contributed by atoms with Gasteiger partial charge in [0.1, 0.15) is 0 Å². The van der Waals surface area contributed by atoms with E-state index in [1.807, 2.05) is 11.3 Å². The van der Waals surface area contributed by atoms with Crippen LogP contribution < -0.4 is 5.73 Å². The molecule has 104 valence electrons. The van der Waals surface area contributed by atoms with Crippen molar-refractivity contribution in [2.24, 2.45) is 11.1 Å². The van der Waals surface area contributed by atoms with Crippen LogP contribution in [0, 0.1) is 5.41 Å². The molecule has 2 aliphatic rings. The molecule has 3 atom stereocenters. The first-order chi connectivity index (χ1) is 9.04. The summed E-state index contributed by atoms with van der Waals surface area (Å²) in [6.07, 6.45) is 3.99. The average molecular weight is 278 g/mol. The van der Waals surface area contributed by atoms with Crippen molar-refractivity contribution in [3.05, 3.63) is 21.9 Å². The third-order valence-electron chi connectivity index (χ3n) is 5.06. The van der Waals surface area contributed by atoms with Gasteiger partial charge in [0.15, 0.2) is 0 Å². The minimum atomic E-state index is -0.345. The number of carbonyl (C=O) groups is 1. The van der Waals surface area contributed by atoms with Gasteiger partial charge in [-0.1, -0.05) is 6.42 Å². The van der Waals surface area contributed by atoms with Gasteiger partial charge in [-0.2, -0.15) is 0 Å². The molecule has 1 amide bonds. The summed E-state index contributed by atoms with van der Waals surface area (Å²) in [7, 11) is 0. The third kappa shape index (κ3) is 1.93. The Bertz CT molecular complexity index is 498. The van der Waals surface area contributed by atoms with E-state index in [1.54, 1.807) is 0 Å². The third-order valence-corrected chi connectivity index (χ3v) is 6.05. The second-order valence-electron chi connectivity index (χ2n) is 6.14. The van der Waals surface area contributed by atoms with Crippen molar-refractivity contribution in [2.45, 2.75) is 51.6 Å². The van der Waals surface area contributed by atoms with Crippen molar-refractivity contribution in [3.8, 4) is 0 Å². The Morgan fingerprint density at radius 3 is 3.05 bits per heavy atom. The SMILES string of the molecule is CC1c2ccsc2CCN1C(=O)C1(C)CCCC1N. The molecule has 0 aromatic carbocycles. The van der Waals surface area contributed by atoms with Crippen LogP contribution in [0.15, 0.2) is 11.4 Å². The second kappa shape index (κ2) is 4.60.